The van der Waals surface area contributed by atoms with E-state index in [0.717, 1.165) is 32.6 Å². The van der Waals surface area contributed by atoms with Crippen molar-refractivity contribution in [1.29, 1.82) is 0 Å². The summed E-state index contributed by atoms with van der Waals surface area (Å²) in [5.74, 6) is 0. The zero-order chi connectivity index (χ0) is 15.8. The third-order valence-corrected chi connectivity index (χ3v) is 4.80. The Kier molecular flexibility index (Phi) is 4.83. The largest absolute Gasteiger partial charge is 0.444 e. The molecule has 5 nitrogen and oxygen atoms in total. The summed E-state index contributed by atoms with van der Waals surface area (Å²) in [6.45, 7) is 14.3. The zero-order valence-electron chi connectivity index (χ0n) is 14.4. The van der Waals surface area contributed by atoms with Crippen LogP contribution in [-0.2, 0) is 4.74 Å². The first-order chi connectivity index (χ1) is 9.69. The molecule has 2 aliphatic heterocycles. The molecule has 0 aromatic carbocycles. The van der Waals surface area contributed by atoms with Gasteiger partial charge in [0.15, 0.2) is 0 Å². The van der Waals surface area contributed by atoms with Crippen LogP contribution in [0.1, 0.15) is 41.0 Å². The van der Waals surface area contributed by atoms with E-state index in [9.17, 15) is 4.79 Å². The summed E-state index contributed by atoms with van der Waals surface area (Å²) in [7, 11) is 2.19. The highest BCUT2D eigenvalue weighted by Gasteiger charge is 2.40. The molecular formula is C16H31N3O2. The van der Waals surface area contributed by atoms with Gasteiger partial charge in [0.25, 0.3) is 0 Å². The molecule has 0 saturated carbocycles. The summed E-state index contributed by atoms with van der Waals surface area (Å²) in [6, 6.07) is 1.28. The summed E-state index contributed by atoms with van der Waals surface area (Å²) in [6.07, 6.45) is 0.885. The Bertz CT molecular complexity index is 380. The van der Waals surface area contributed by atoms with E-state index in [1.807, 2.05) is 25.7 Å². The van der Waals surface area contributed by atoms with Crippen molar-refractivity contribution < 1.29 is 9.53 Å². The number of piperazine rings is 1. The molecule has 2 aliphatic rings. The first-order valence-electron chi connectivity index (χ1n) is 8.13. The SMILES string of the molecule is C[C@H]1CN([C@H]2CCN(C(=O)OC(C)(C)C)[C@H]2C)CCN1C. The molecule has 2 saturated heterocycles. The first-order valence-corrected chi connectivity index (χ1v) is 8.13. The normalized spacial score (nSPS) is 32.5. The molecule has 0 N–H and O–H groups in total. The lowest BCUT2D eigenvalue weighted by atomic mass is 10.1. The van der Waals surface area contributed by atoms with E-state index in [0.29, 0.717) is 12.1 Å². The third kappa shape index (κ3) is 3.89. The fourth-order valence-electron chi connectivity index (χ4n) is 3.37. The van der Waals surface area contributed by atoms with Crippen molar-refractivity contribution in [3.8, 4) is 0 Å². The highest BCUT2D eigenvalue weighted by molar-refractivity contribution is 5.69. The Morgan fingerprint density at radius 3 is 2.38 bits per heavy atom. The van der Waals surface area contributed by atoms with Crippen LogP contribution >= 0.6 is 0 Å². The maximum Gasteiger partial charge on any atom is 0.410 e. The summed E-state index contributed by atoms with van der Waals surface area (Å²) in [5.41, 5.74) is -0.419. The van der Waals surface area contributed by atoms with Gasteiger partial charge in [-0.15, -0.1) is 0 Å². The Morgan fingerprint density at radius 2 is 1.81 bits per heavy atom. The number of hydrogen-bond acceptors (Lipinski definition) is 4. The molecule has 1 amide bonds. The van der Waals surface area contributed by atoms with Crippen LogP contribution in [0.4, 0.5) is 4.79 Å². The molecule has 2 heterocycles. The second-order valence-corrected chi connectivity index (χ2v) is 7.59. The number of ether oxygens (including phenoxy) is 1. The lowest BCUT2D eigenvalue weighted by Crippen LogP contribution is -2.56. The highest BCUT2D eigenvalue weighted by Crippen LogP contribution is 2.26. The van der Waals surface area contributed by atoms with E-state index in [1.165, 1.54) is 0 Å². The van der Waals surface area contributed by atoms with Crippen molar-refractivity contribution in [1.82, 2.24) is 14.7 Å². The van der Waals surface area contributed by atoms with Gasteiger partial charge < -0.3 is 14.5 Å². The fourth-order valence-corrected chi connectivity index (χ4v) is 3.37. The zero-order valence-corrected chi connectivity index (χ0v) is 14.4. The van der Waals surface area contributed by atoms with Gasteiger partial charge in [-0.2, -0.15) is 0 Å². The van der Waals surface area contributed by atoms with Gasteiger partial charge >= 0.3 is 6.09 Å². The van der Waals surface area contributed by atoms with Gasteiger partial charge in [-0.05, 0) is 48.1 Å². The summed E-state index contributed by atoms with van der Waals surface area (Å²) in [5, 5.41) is 0. The molecule has 0 aromatic heterocycles. The molecule has 0 bridgehead atoms. The fraction of sp³-hybridized carbons (Fsp3) is 0.938. The number of carbonyl (C=O) groups is 1. The second kappa shape index (κ2) is 6.13. The molecule has 2 rings (SSSR count). The number of likely N-dealkylation sites (tertiary alicyclic amines) is 1. The predicted octanol–water partition coefficient (Wildman–Crippen LogP) is 2.02. The van der Waals surface area contributed by atoms with Crippen molar-refractivity contribution in [3.05, 3.63) is 0 Å². The van der Waals surface area contributed by atoms with Gasteiger partial charge in [0.05, 0.1) is 0 Å². The lowest BCUT2D eigenvalue weighted by molar-refractivity contribution is 0.0160. The van der Waals surface area contributed by atoms with Crippen molar-refractivity contribution in [3.63, 3.8) is 0 Å². The number of amides is 1. The number of carbonyl (C=O) groups excluding carboxylic acids is 1. The molecule has 0 unspecified atom stereocenters. The van der Waals surface area contributed by atoms with E-state index >= 15 is 0 Å². The Labute approximate surface area is 129 Å². The second-order valence-electron chi connectivity index (χ2n) is 7.59. The minimum absolute atomic E-state index is 0.167. The maximum atomic E-state index is 12.3. The molecule has 0 spiro atoms. The van der Waals surface area contributed by atoms with Crippen molar-refractivity contribution in [2.75, 3.05) is 33.2 Å². The predicted molar refractivity (Wildman–Crippen MR) is 84.5 cm³/mol. The first kappa shape index (κ1) is 16.6. The molecule has 0 aromatic rings. The van der Waals surface area contributed by atoms with Gasteiger partial charge in [-0.25, -0.2) is 4.79 Å². The minimum Gasteiger partial charge on any atom is -0.444 e. The van der Waals surface area contributed by atoms with E-state index in [4.69, 9.17) is 4.74 Å². The average Bonchev–Trinajstić information content (AvgIpc) is 2.73. The van der Waals surface area contributed by atoms with Crippen LogP contribution in [0.2, 0.25) is 0 Å². The number of likely N-dealkylation sites (N-methyl/N-ethyl adjacent to an activating group) is 1. The molecule has 122 valence electrons. The Hall–Kier alpha value is -0.810. The van der Waals surface area contributed by atoms with Crippen LogP contribution in [0.3, 0.4) is 0 Å². The van der Waals surface area contributed by atoms with Gasteiger partial charge in [0.2, 0.25) is 0 Å². The van der Waals surface area contributed by atoms with Crippen molar-refractivity contribution in [2.24, 2.45) is 0 Å². The van der Waals surface area contributed by atoms with E-state index < -0.39 is 5.60 Å². The van der Waals surface area contributed by atoms with Gasteiger partial charge in [0, 0.05) is 44.3 Å². The van der Waals surface area contributed by atoms with E-state index in [2.05, 4.69) is 30.7 Å². The molecular weight excluding hydrogens is 266 g/mol. The molecule has 5 heteroatoms. The smallest absolute Gasteiger partial charge is 0.410 e. The van der Waals surface area contributed by atoms with Crippen LogP contribution in [-0.4, -0.2) is 77.7 Å². The van der Waals surface area contributed by atoms with Crippen LogP contribution in [0.15, 0.2) is 0 Å². The minimum atomic E-state index is -0.419. The van der Waals surface area contributed by atoms with E-state index in [1.54, 1.807) is 0 Å². The standard InChI is InChI=1S/C16H31N3O2/c1-12-11-18(10-9-17(12)6)14-7-8-19(13(14)2)15(20)21-16(3,4)5/h12-14H,7-11H2,1-6H3/t12-,13-,14-/m0/s1. The summed E-state index contributed by atoms with van der Waals surface area (Å²) in [4.78, 5) is 19.2. The Balaban J connectivity index is 1.95. The van der Waals surface area contributed by atoms with E-state index in [-0.39, 0.29) is 12.1 Å². The molecule has 3 atom stereocenters. The van der Waals surface area contributed by atoms with Crippen LogP contribution < -0.4 is 0 Å². The van der Waals surface area contributed by atoms with Crippen LogP contribution in [0.5, 0.6) is 0 Å². The Morgan fingerprint density at radius 1 is 1.14 bits per heavy atom. The monoisotopic (exact) mass is 297 g/mol. The van der Waals surface area contributed by atoms with Crippen LogP contribution in [0.25, 0.3) is 0 Å². The van der Waals surface area contributed by atoms with Gasteiger partial charge in [-0.1, -0.05) is 0 Å². The molecule has 0 radical (unpaired) electrons. The topological polar surface area (TPSA) is 36.0 Å². The quantitative estimate of drug-likeness (QED) is 0.742. The third-order valence-electron chi connectivity index (χ3n) is 4.80. The lowest BCUT2D eigenvalue weighted by Gasteiger charge is -2.42. The number of rotatable bonds is 1. The molecule has 21 heavy (non-hydrogen) atoms. The van der Waals surface area contributed by atoms with Crippen molar-refractivity contribution >= 4 is 6.09 Å². The summed E-state index contributed by atoms with van der Waals surface area (Å²) >= 11 is 0. The maximum absolute atomic E-state index is 12.3. The molecule has 0 aliphatic carbocycles. The summed E-state index contributed by atoms with van der Waals surface area (Å²) < 4.78 is 5.53. The number of hydrogen-bond donors (Lipinski definition) is 0. The highest BCUT2D eigenvalue weighted by atomic mass is 16.6. The van der Waals surface area contributed by atoms with Gasteiger partial charge in [0.1, 0.15) is 5.60 Å². The van der Waals surface area contributed by atoms with Crippen molar-refractivity contribution in [2.45, 2.75) is 64.8 Å². The van der Waals surface area contributed by atoms with Gasteiger partial charge in [-0.3, -0.25) is 4.90 Å². The molecule has 2 fully saturated rings. The average molecular weight is 297 g/mol. The van der Waals surface area contributed by atoms with Crippen LogP contribution in [0, 0.1) is 0 Å². The number of nitrogens with zero attached hydrogens (tertiary/aromatic N) is 3.